The first-order valence-corrected chi connectivity index (χ1v) is 10.8. The zero-order valence-corrected chi connectivity index (χ0v) is 16.9. The second-order valence-electron chi connectivity index (χ2n) is 8.53. The molecule has 0 bridgehead atoms. The number of carboxylic acid groups (broad SMARTS) is 1. The summed E-state index contributed by atoms with van der Waals surface area (Å²) in [5, 5.41) is 13.2. The molecule has 0 spiro atoms. The van der Waals surface area contributed by atoms with E-state index in [4.69, 9.17) is 14.0 Å². The van der Waals surface area contributed by atoms with Crippen LogP contribution < -0.4 is 0 Å². The van der Waals surface area contributed by atoms with Gasteiger partial charge in [-0.25, -0.2) is 0 Å². The van der Waals surface area contributed by atoms with Crippen LogP contribution in [0.1, 0.15) is 49.3 Å². The highest BCUT2D eigenvalue weighted by molar-refractivity contribution is 5.71. The molecule has 2 fully saturated rings. The number of hydrogen-bond donors (Lipinski definition) is 1. The van der Waals surface area contributed by atoms with Gasteiger partial charge < -0.3 is 14.0 Å². The highest BCUT2D eigenvalue weighted by atomic mass is 16.5. The van der Waals surface area contributed by atoms with E-state index in [9.17, 15) is 4.79 Å². The molecule has 2 aromatic heterocycles. The Morgan fingerprint density at radius 1 is 1.03 bits per heavy atom. The third kappa shape index (κ3) is 3.92. The molecule has 1 saturated carbocycles. The fourth-order valence-corrected chi connectivity index (χ4v) is 4.56. The van der Waals surface area contributed by atoms with Gasteiger partial charge in [0.2, 0.25) is 0 Å². The van der Waals surface area contributed by atoms with Crippen molar-refractivity contribution in [2.75, 3.05) is 13.1 Å². The Bertz CT molecular complexity index is 1010. The van der Waals surface area contributed by atoms with Crippen LogP contribution in [0.4, 0.5) is 0 Å². The van der Waals surface area contributed by atoms with Crippen molar-refractivity contribution in [2.45, 2.75) is 44.6 Å². The van der Waals surface area contributed by atoms with Gasteiger partial charge in [-0.1, -0.05) is 48.7 Å². The minimum Gasteiger partial charge on any atom is -0.481 e. The number of likely N-dealkylation sites (tertiary alicyclic amines) is 1. The highest BCUT2D eigenvalue weighted by Gasteiger charge is 2.32. The summed E-state index contributed by atoms with van der Waals surface area (Å²) in [6, 6.07) is 14.4. The van der Waals surface area contributed by atoms with E-state index in [-0.39, 0.29) is 5.92 Å². The van der Waals surface area contributed by atoms with Crippen LogP contribution in [0.15, 0.2) is 51.4 Å². The number of furan rings is 1. The van der Waals surface area contributed by atoms with Crippen molar-refractivity contribution in [1.82, 2.24) is 10.1 Å². The molecule has 0 radical (unpaired) electrons. The third-order valence-electron chi connectivity index (χ3n) is 6.38. The lowest BCUT2D eigenvalue weighted by Gasteiger charge is -2.35. The molecule has 6 nitrogen and oxygen atoms in total. The second kappa shape index (κ2) is 8.11. The summed E-state index contributed by atoms with van der Waals surface area (Å²) < 4.78 is 11.5. The van der Waals surface area contributed by atoms with Crippen LogP contribution in [0.3, 0.4) is 0 Å². The third-order valence-corrected chi connectivity index (χ3v) is 6.38. The maximum Gasteiger partial charge on any atom is 0.309 e. The first-order valence-electron chi connectivity index (χ1n) is 10.8. The number of aliphatic carboxylic acids is 1. The minimum absolute atomic E-state index is 0.262. The summed E-state index contributed by atoms with van der Waals surface area (Å²) in [5.74, 6) is 1.89. The van der Waals surface area contributed by atoms with Crippen molar-refractivity contribution in [3.05, 3.63) is 53.8 Å². The molecule has 30 heavy (non-hydrogen) atoms. The Labute approximate surface area is 175 Å². The molecule has 3 aromatic rings. The first kappa shape index (κ1) is 19.1. The molecular formula is C24H26N2O4. The molecule has 1 aromatic carbocycles. The Hall–Kier alpha value is -2.86. The van der Waals surface area contributed by atoms with Gasteiger partial charge in [-0.3, -0.25) is 9.69 Å². The van der Waals surface area contributed by atoms with E-state index in [0.29, 0.717) is 37.0 Å². The number of carbonyl (C=O) groups is 1. The largest absolute Gasteiger partial charge is 0.481 e. The molecule has 156 valence electrons. The molecule has 2 aliphatic rings. The van der Waals surface area contributed by atoms with E-state index >= 15 is 0 Å². The van der Waals surface area contributed by atoms with Gasteiger partial charge in [-0.05, 0) is 36.5 Å². The maximum absolute atomic E-state index is 10.9. The van der Waals surface area contributed by atoms with E-state index in [0.717, 1.165) is 17.1 Å². The Morgan fingerprint density at radius 3 is 2.53 bits per heavy atom. The van der Waals surface area contributed by atoms with Crippen LogP contribution in [0.2, 0.25) is 0 Å². The van der Waals surface area contributed by atoms with Gasteiger partial charge in [0.05, 0.1) is 12.5 Å². The number of nitrogens with zero attached hydrogens (tertiary/aromatic N) is 2. The van der Waals surface area contributed by atoms with Crippen molar-refractivity contribution < 1.29 is 18.8 Å². The molecule has 0 unspecified atom stereocenters. The highest BCUT2D eigenvalue weighted by Crippen LogP contribution is 2.34. The van der Waals surface area contributed by atoms with Crippen LogP contribution in [0.5, 0.6) is 0 Å². The smallest absolute Gasteiger partial charge is 0.309 e. The van der Waals surface area contributed by atoms with Crippen LogP contribution in [0, 0.1) is 5.92 Å². The standard InChI is InChI=1S/C24H26N2O4/c27-24(28)19-13-26(14-19)15-20-10-11-22(29-20)21-12-23(30-25-21)18-8-6-17(7-9-18)16-4-2-1-3-5-16/h6-12,16,19H,1-5,13-15H2,(H,27,28). The van der Waals surface area contributed by atoms with Gasteiger partial charge in [0.25, 0.3) is 0 Å². The molecule has 6 heteroatoms. The van der Waals surface area contributed by atoms with Crippen LogP contribution in [-0.2, 0) is 11.3 Å². The van der Waals surface area contributed by atoms with E-state index < -0.39 is 5.97 Å². The average Bonchev–Trinajstić information content (AvgIpc) is 3.40. The summed E-state index contributed by atoms with van der Waals surface area (Å²) in [6.07, 6.45) is 6.62. The number of benzene rings is 1. The zero-order valence-electron chi connectivity index (χ0n) is 16.9. The Balaban J connectivity index is 1.23. The van der Waals surface area contributed by atoms with Crippen molar-refractivity contribution in [3.63, 3.8) is 0 Å². The first-order chi connectivity index (χ1) is 14.7. The monoisotopic (exact) mass is 406 g/mol. The number of rotatable bonds is 6. The molecule has 5 rings (SSSR count). The summed E-state index contributed by atoms with van der Waals surface area (Å²) in [5.41, 5.74) is 3.10. The molecule has 1 saturated heterocycles. The molecule has 1 N–H and O–H groups in total. The van der Waals surface area contributed by atoms with Crippen molar-refractivity contribution in [1.29, 1.82) is 0 Å². The van der Waals surface area contributed by atoms with Crippen molar-refractivity contribution in [2.24, 2.45) is 5.92 Å². The zero-order chi connectivity index (χ0) is 20.5. The predicted molar refractivity (Wildman–Crippen MR) is 112 cm³/mol. The van der Waals surface area contributed by atoms with Gasteiger partial charge in [0.15, 0.2) is 11.5 Å². The molecule has 0 amide bonds. The summed E-state index contributed by atoms with van der Waals surface area (Å²) in [7, 11) is 0. The Morgan fingerprint density at radius 2 is 1.80 bits per heavy atom. The maximum atomic E-state index is 10.9. The van der Waals surface area contributed by atoms with E-state index in [2.05, 4.69) is 34.3 Å². The van der Waals surface area contributed by atoms with Crippen molar-refractivity contribution in [3.8, 4) is 22.8 Å². The van der Waals surface area contributed by atoms with Gasteiger partial charge in [0.1, 0.15) is 11.5 Å². The summed E-state index contributed by atoms with van der Waals surface area (Å²) >= 11 is 0. The molecule has 1 aliphatic carbocycles. The van der Waals surface area contributed by atoms with Crippen LogP contribution >= 0.6 is 0 Å². The normalized spacial score (nSPS) is 18.4. The minimum atomic E-state index is -0.728. The summed E-state index contributed by atoms with van der Waals surface area (Å²) in [4.78, 5) is 13.0. The second-order valence-corrected chi connectivity index (χ2v) is 8.53. The van der Waals surface area contributed by atoms with Gasteiger partial charge >= 0.3 is 5.97 Å². The van der Waals surface area contributed by atoms with Gasteiger partial charge in [0, 0.05) is 24.7 Å². The predicted octanol–water partition coefficient (Wildman–Crippen LogP) is 5.17. The van der Waals surface area contributed by atoms with Crippen LogP contribution in [-0.4, -0.2) is 34.2 Å². The lowest BCUT2D eigenvalue weighted by atomic mass is 9.84. The molecular weight excluding hydrogens is 380 g/mol. The summed E-state index contributed by atoms with van der Waals surface area (Å²) in [6.45, 7) is 1.74. The average molecular weight is 406 g/mol. The van der Waals surface area contributed by atoms with Gasteiger partial charge in [-0.15, -0.1) is 0 Å². The van der Waals surface area contributed by atoms with Gasteiger partial charge in [-0.2, -0.15) is 0 Å². The topological polar surface area (TPSA) is 79.7 Å². The van der Waals surface area contributed by atoms with E-state index in [1.807, 2.05) is 18.2 Å². The van der Waals surface area contributed by atoms with Crippen molar-refractivity contribution >= 4 is 5.97 Å². The quantitative estimate of drug-likeness (QED) is 0.609. The number of aromatic nitrogens is 1. The fraction of sp³-hybridized carbons (Fsp3) is 0.417. The SMILES string of the molecule is O=C(O)C1CN(Cc2ccc(-c3cc(-c4ccc(C5CCCCC5)cc4)on3)o2)C1. The van der Waals surface area contributed by atoms with E-state index in [1.54, 1.807) is 0 Å². The Kier molecular flexibility index (Phi) is 5.17. The lowest BCUT2D eigenvalue weighted by molar-refractivity contribution is -0.147. The number of carboxylic acids is 1. The lowest BCUT2D eigenvalue weighted by Crippen LogP contribution is -2.49. The molecule has 3 heterocycles. The van der Waals surface area contributed by atoms with E-state index in [1.165, 1.54) is 37.7 Å². The molecule has 0 atom stereocenters. The fourth-order valence-electron chi connectivity index (χ4n) is 4.56. The van der Waals surface area contributed by atoms with Crippen LogP contribution in [0.25, 0.3) is 22.8 Å². The number of hydrogen-bond acceptors (Lipinski definition) is 5. The molecule has 1 aliphatic heterocycles.